The predicted molar refractivity (Wildman–Crippen MR) is 103 cm³/mol. The third kappa shape index (κ3) is 2.13. The van der Waals surface area contributed by atoms with Crippen molar-refractivity contribution in [2.45, 2.75) is 33.6 Å². The SMILES string of the molecule is CC1=C(C)C(C)=C(C)[C]1C1C=C(c2ccccc2)c2ccccc21. The Morgan fingerprint density at radius 1 is 0.625 bits per heavy atom. The molecule has 2 aromatic carbocycles. The van der Waals surface area contributed by atoms with E-state index in [1.54, 1.807) is 0 Å². The molecule has 0 aliphatic heterocycles. The maximum Gasteiger partial charge on any atom is 0.0370 e. The highest BCUT2D eigenvalue weighted by Crippen LogP contribution is 2.52. The van der Waals surface area contributed by atoms with Crippen molar-refractivity contribution in [3.63, 3.8) is 0 Å². The third-order valence-corrected chi connectivity index (χ3v) is 5.81. The highest BCUT2D eigenvalue weighted by atomic mass is 14.4. The maximum atomic E-state index is 2.47. The molecule has 0 heterocycles. The Morgan fingerprint density at radius 3 is 1.88 bits per heavy atom. The summed E-state index contributed by atoms with van der Waals surface area (Å²) in [6.45, 7) is 9.07. The van der Waals surface area contributed by atoms with Gasteiger partial charge in [0.15, 0.2) is 0 Å². The number of rotatable bonds is 2. The van der Waals surface area contributed by atoms with Crippen molar-refractivity contribution in [2.75, 3.05) is 0 Å². The minimum Gasteiger partial charge on any atom is -0.0672 e. The minimum atomic E-state index is 0.365. The molecule has 0 N–H and O–H groups in total. The molecule has 1 unspecified atom stereocenters. The van der Waals surface area contributed by atoms with E-state index in [9.17, 15) is 0 Å². The van der Waals surface area contributed by atoms with Crippen LogP contribution >= 0.6 is 0 Å². The highest BCUT2D eigenvalue weighted by Gasteiger charge is 2.36. The van der Waals surface area contributed by atoms with E-state index in [0.717, 1.165) is 0 Å². The molecule has 2 aliphatic carbocycles. The van der Waals surface area contributed by atoms with Crippen LogP contribution in [0.15, 0.2) is 83.0 Å². The normalized spacial score (nSPS) is 20.7. The Hall–Kier alpha value is -2.34. The Labute approximate surface area is 145 Å². The molecule has 119 valence electrons. The molecule has 0 saturated carbocycles. The summed E-state index contributed by atoms with van der Waals surface area (Å²) >= 11 is 0. The number of hydrogen-bond acceptors (Lipinski definition) is 0. The first-order valence-corrected chi connectivity index (χ1v) is 8.69. The molecule has 2 aliphatic rings. The average molecular weight is 311 g/mol. The molecule has 0 saturated heterocycles. The molecule has 1 radical (unpaired) electrons. The van der Waals surface area contributed by atoms with Crippen molar-refractivity contribution in [1.29, 1.82) is 0 Å². The summed E-state index contributed by atoms with van der Waals surface area (Å²) in [6, 6.07) is 19.6. The lowest BCUT2D eigenvalue weighted by Gasteiger charge is -2.22. The predicted octanol–water partition coefficient (Wildman–Crippen LogP) is 6.48. The van der Waals surface area contributed by atoms with Crippen LogP contribution in [0.4, 0.5) is 0 Å². The van der Waals surface area contributed by atoms with Gasteiger partial charge >= 0.3 is 0 Å². The van der Waals surface area contributed by atoms with Crippen LogP contribution in [0.25, 0.3) is 5.57 Å². The molecule has 0 spiro atoms. The number of hydrogen-bond donors (Lipinski definition) is 0. The summed E-state index contributed by atoms with van der Waals surface area (Å²) in [7, 11) is 0. The Bertz CT molecular complexity index is 867. The second-order valence-corrected chi connectivity index (χ2v) is 6.92. The lowest BCUT2D eigenvalue weighted by atomic mass is 9.81. The van der Waals surface area contributed by atoms with Crippen LogP contribution in [0.3, 0.4) is 0 Å². The van der Waals surface area contributed by atoms with Gasteiger partial charge in [-0.15, -0.1) is 0 Å². The topological polar surface area (TPSA) is 0 Å². The highest BCUT2D eigenvalue weighted by molar-refractivity contribution is 5.87. The quantitative estimate of drug-likeness (QED) is 0.595. The van der Waals surface area contributed by atoms with E-state index < -0.39 is 0 Å². The van der Waals surface area contributed by atoms with E-state index in [-0.39, 0.29) is 0 Å². The molecule has 0 nitrogen and oxygen atoms in total. The minimum absolute atomic E-state index is 0.365. The molecule has 24 heavy (non-hydrogen) atoms. The summed E-state index contributed by atoms with van der Waals surface area (Å²) in [6.07, 6.45) is 2.47. The van der Waals surface area contributed by atoms with Crippen molar-refractivity contribution >= 4 is 5.57 Å². The molecule has 0 aromatic heterocycles. The molecule has 2 aromatic rings. The average Bonchev–Trinajstić information content (AvgIpc) is 3.08. The van der Waals surface area contributed by atoms with Crippen molar-refractivity contribution in [3.8, 4) is 0 Å². The Morgan fingerprint density at radius 2 is 1.21 bits per heavy atom. The zero-order valence-electron chi connectivity index (χ0n) is 14.9. The van der Waals surface area contributed by atoms with E-state index in [2.05, 4.69) is 88.4 Å². The summed E-state index contributed by atoms with van der Waals surface area (Å²) in [4.78, 5) is 0. The zero-order valence-corrected chi connectivity index (χ0v) is 14.9. The molecular weight excluding hydrogens is 288 g/mol. The Kier molecular flexibility index (Phi) is 3.57. The van der Waals surface area contributed by atoms with Crippen LogP contribution in [-0.2, 0) is 0 Å². The van der Waals surface area contributed by atoms with Gasteiger partial charge in [-0.2, -0.15) is 0 Å². The summed E-state index contributed by atoms with van der Waals surface area (Å²) in [5, 5.41) is 0. The van der Waals surface area contributed by atoms with Crippen molar-refractivity contribution in [1.82, 2.24) is 0 Å². The smallest absolute Gasteiger partial charge is 0.0370 e. The van der Waals surface area contributed by atoms with Gasteiger partial charge in [0, 0.05) is 11.8 Å². The second-order valence-electron chi connectivity index (χ2n) is 6.92. The molecule has 0 bridgehead atoms. The molecule has 4 rings (SSSR count). The standard InChI is InChI=1S/C24H23/c1-15-16(2)18(4)24(17(15)3)23-14-22(19-10-6-5-7-11-19)20-12-8-9-13-21(20)23/h5-14,23H,1-4H3. The van der Waals surface area contributed by atoms with Crippen molar-refractivity contribution in [3.05, 3.63) is 106 Å². The number of benzene rings is 2. The van der Waals surface area contributed by atoms with Crippen LogP contribution in [-0.4, -0.2) is 0 Å². The lowest BCUT2D eigenvalue weighted by Crippen LogP contribution is -2.08. The lowest BCUT2D eigenvalue weighted by molar-refractivity contribution is 0.898. The van der Waals surface area contributed by atoms with E-state index in [1.807, 2.05) is 0 Å². The summed E-state index contributed by atoms with van der Waals surface area (Å²) in [5.41, 5.74) is 11.3. The Balaban J connectivity index is 1.88. The first kappa shape index (κ1) is 15.2. The van der Waals surface area contributed by atoms with Gasteiger partial charge in [0.05, 0.1) is 0 Å². The largest absolute Gasteiger partial charge is 0.0672 e. The zero-order chi connectivity index (χ0) is 16.8. The van der Waals surface area contributed by atoms with Crippen molar-refractivity contribution in [2.24, 2.45) is 0 Å². The first-order valence-electron chi connectivity index (χ1n) is 8.69. The fraction of sp³-hybridized carbons (Fsp3) is 0.208. The third-order valence-electron chi connectivity index (χ3n) is 5.81. The number of fused-ring (bicyclic) bond motifs is 1. The van der Waals surface area contributed by atoms with Gasteiger partial charge in [-0.3, -0.25) is 0 Å². The number of allylic oxidation sites excluding steroid dienone is 5. The fourth-order valence-electron chi connectivity index (χ4n) is 4.18. The molecule has 0 amide bonds. The van der Waals surface area contributed by atoms with E-state index in [0.29, 0.717) is 5.92 Å². The van der Waals surface area contributed by atoms with Crippen LogP contribution < -0.4 is 0 Å². The van der Waals surface area contributed by atoms with E-state index >= 15 is 0 Å². The van der Waals surface area contributed by atoms with Crippen LogP contribution in [0.5, 0.6) is 0 Å². The molecule has 1 atom stereocenters. The van der Waals surface area contributed by atoms with Gasteiger partial charge in [0.2, 0.25) is 0 Å². The van der Waals surface area contributed by atoms with Gasteiger partial charge in [-0.25, -0.2) is 0 Å². The van der Waals surface area contributed by atoms with Gasteiger partial charge in [-0.1, -0.05) is 71.8 Å². The molecule has 0 fully saturated rings. The summed E-state index contributed by atoms with van der Waals surface area (Å²) in [5.74, 6) is 1.87. The van der Waals surface area contributed by atoms with Gasteiger partial charge in [0.25, 0.3) is 0 Å². The molecular formula is C24H23. The molecule has 0 heteroatoms. The second kappa shape index (κ2) is 5.63. The van der Waals surface area contributed by atoms with E-state index in [1.165, 1.54) is 50.5 Å². The van der Waals surface area contributed by atoms with Crippen molar-refractivity contribution < 1.29 is 0 Å². The van der Waals surface area contributed by atoms with Gasteiger partial charge in [0.1, 0.15) is 0 Å². The van der Waals surface area contributed by atoms with E-state index in [4.69, 9.17) is 0 Å². The fourth-order valence-corrected chi connectivity index (χ4v) is 4.18. The monoisotopic (exact) mass is 311 g/mol. The van der Waals surface area contributed by atoms with Gasteiger partial charge in [-0.05, 0) is 61.1 Å². The summed E-state index contributed by atoms with van der Waals surface area (Å²) < 4.78 is 0. The maximum absolute atomic E-state index is 2.47. The van der Waals surface area contributed by atoms with Crippen LogP contribution in [0.2, 0.25) is 0 Å². The first-order chi connectivity index (χ1) is 11.6. The van der Waals surface area contributed by atoms with Crippen LogP contribution in [0.1, 0.15) is 50.3 Å². The van der Waals surface area contributed by atoms with Crippen LogP contribution in [0, 0.1) is 5.92 Å². The van der Waals surface area contributed by atoms with Gasteiger partial charge < -0.3 is 0 Å².